The van der Waals surface area contributed by atoms with Crippen LogP contribution < -0.4 is 0 Å². The van der Waals surface area contributed by atoms with E-state index in [4.69, 9.17) is 5.11 Å². The highest BCUT2D eigenvalue weighted by Gasteiger charge is 2.44. The molecule has 0 amide bonds. The van der Waals surface area contributed by atoms with Gasteiger partial charge >= 0.3 is 5.97 Å². The van der Waals surface area contributed by atoms with Gasteiger partial charge in [0.25, 0.3) is 0 Å². The maximum Gasteiger partial charge on any atom is 0.306 e. The molecular formula is C14H19NO3. The first-order chi connectivity index (χ1) is 8.51. The molecule has 1 aliphatic heterocycles. The minimum atomic E-state index is -1.10. The first kappa shape index (κ1) is 13.1. The Morgan fingerprint density at radius 3 is 2.72 bits per heavy atom. The third kappa shape index (κ3) is 2.71. The molecule has 1 aliphatic rings. The summed E-state index contributed by atoms with van der Waals surface area (Å²) < 4.78 is 0. The van der Waals surface area contributed by atoms with E-state index in [2.05, 4.69) is 4.90 Å². The molecule has 1 saturated heterocycles. The molecule has 4 heteroatoms. The van der Waals surface area contributed by atoms with Gasteiger partial charge in [-0.25, -0.2) is 0 Å². The highest BCUT2D eigenvalue weighted by molar-refractivity contribution is 5.68. The second kappa shape index (κ2) is 5.08. The van der Waals surface area contributed by atoms with E-state index in [-0.39, 0.29) is 12.5 Å². The van der Waals surface area contributed by atoms with Gasteiger partial charge in [0.2, 0.25) is 0 Å². The normalized spacial score (nSPS) is 28.4. The Kier molecular flexibility index (Phi) is 3.68. The molecule has 1 aromatic rings. The Morgan fingerprint density at radius 1 is 1.44 bits per heavy atom. The number of likely N-dealkylation sites (tertiary alicyclic amines) is 1. The second-order valence-corrected chi connectivity index (χ2v) is 5.06. The Balaban J connectivity index is 2.03. The van der Waals surface area contributed by atoms with Gasteiger partial charge in [-0.2, -0.15) is 0 Å². The molecular weight excluding hydrogens is 230 g/mol. The molecule has 0 bridgehead atoms. The molecule has 2 atom stereocenters. The molecule has 0 spiro atoms. The highest BCUT2D eigenvalue weighted by atomic mass is 16.4. The first-order valence-corrected chi connectivity index (χ1v) is 6.23. The summed E-state index contributed by atoms with van der Waals surface area (Å²) in [5.74, 6) is -0.939. The monoisotopic (exact) mass is 249 g/mol. The molecule has 0 aliphatic carbocycles. The minimum Gasteiger partial charge on any atom is -0.481 e. The fourth-order valence-corrected chi connectivity index (χ4v) is 2.61. The van der Waals surface area contributed by atoms with Crippen molar-refractivity contribution in [2.24, 2.45) is 0 Å². The lowest BCUT2D eigenvalue weighted by atomic mass is 9.92. The Morgan fingerprint density at radius 2 is 2.11 bits per heavy atom. The fourth-order valence-electron chi connectivity index (χ4n) is 2.61. The maximum atomic E-state index is 10.8. The van der Waals surface area contributed by atoms with Gasteiger partial charge in [0, 0.05) is 19.1 Å². The van der Waals surface area contributed by atoms with Gasteiger partial charge in [-0.15, -0.1) is 0 Å². The number of hydrogen-bond acceptors (Lipinski definition) is 3. The van der Waals surface area contributed by atoms with Crippen molar-refractivity contribution in [3.8, 4) is 0 Å². The topological polar surface area (TPSA) is 60.8 Å². The van der Waals surface area contributed by atoms with Crippen molar-refractivity contribution >= 4 is 5.97 Å². The SMILES string of the molecule is CC1N(Cc2ccccc2)CCC1(O)CC(=O)O. The van der Waals surface area contributed by atoms with E-state index in [0.29, 0.717) is 6.42 Å². The molecule has 0 radical (unpaired) electrons. The maximum absolute atomic E-state index is 10.8. The molecule has 98 valence electrons. The summed E-state index contributed by atoms with van der Waals surface area (Å²) in [7, 11) is 0. The lowest BCUT2D eigenvalue weighted by molar-refractivity contribution is -0.143. The van der Waals surface area contributed by atoms with Gasteiger partial charge in [0.05, 0.1) is 12.0 Å². The summed E-state index contributed by atoms with van der Waals surface area (Å²) in [5, 5.41) is 19.2. The molecule has 1 fully saturated rings. The van der Waals surface area contributed by atoms with E-state index < -0.39 is 11.6 Å². The standard InChI is InChI=1S/C14H19NO3/c1-11-14(18,9-13(16)17)7-8-15(11)10-12-5-3-2-4-6-12/h2-6,11,18H,7-10H2,1H3,(H,16,17). The molecule has 18 heavy (non-hydrogen) atoms. The number of benzene rings is 1. The van der Waals surface area contributed by atoms with Crippen LogP contribution in [0, 0.1) is 0 Å². The Hall–Kier alpha value is -1.39. The molecule has 1 aromatic carbocycles. The first-order valence-electron chi connectivity index (χ1n) is 6.23. The van der Waals surface area contributed by atoms with Gasteiger partial charge in [-0.05, 0) is 18.9 Å². The van der Waals surface area contributed by atoms with E-state index in [1.807, 2.05) is 37.3 Å². The quantitative estimate of drug-likeness (QED) is 0.848. The van der Waals surface area contributed by atoms with Crippen LogP contribution >= 0.6 is 0 Å². The summed E-state index contributed by atoms with van der Waals surface area (Å²) in [5.41, 5.74) is 0.0876. The van der Waals surface area contributed by atoms with E-state index >= 15 is 0 Å². The number of nitrogens with zero attached hydrogens (tertiary/aromatic N) is 1. The van der Waals surface area contributed by atoms with Crippen molar-refractivity contribution in [2.75, 3.05) is 6.54 Å². The molecule has 4 nitrogen and oxygen atoms in total. The number of carboxylic acid groups (broad SMARTS) is 1. The van der Waals surface area contributed by atoms with Crippen LogP contribution in [0.4, 0.5) is 0 Å². The zero-order chi connectivity index (χ0) is 13.2. The third-order valence-electron chi connectivity index (χ3n) is 3.84. The molecule has 0 saturated carbocycles. The molecule has 1 heterocycles. The van der Waals surface area contributed by atoms with Crippen LogP contribution in [-0.2, 0) is 11.3 Å². The minimum absolute atomic E-state index is 0.131. The van der Waals surface area contributed by atoms with Gasteiger partial charge in [-0.3, -0.25) is 9.69 Å². The van der Waals surface area contributed by atoms with Crippen LogP contribution in [0.2, 0.25) is 0 Å². The van der Waals surface area contributed by atoms with E-state index in [1.165, 1.54) is 5.56 Å². The van der Waals surface area contributed by atoms with Crippen molar-refractivity contribution in [2.45, 2.75) is 38.0 Å². The molecule has 2 N–H and O–H groups in total. The molecule has 2 rings (SSSR count). The lowest BCUT2D eigenvalue weighted by Gasteiger charge is -2.30. The largest absolute Gasteiger partial charge is 0.481 e. The summed E-state index contributed by atoms with van der Waals surface area (Å²) in [6.07, 6.45) is 0.340. The van der Waals surface area contributed by atoms with Gasteiger partial charge < -0.3 is 10.2 Å². The summed E-state index contributed by atoms with van der Waals surface area (Å²) in [6.45, 7) is 3.39. The van der Waals surface area contributed by atoms with E-state index in [0.717, 1.165) is 13.1 Å². The summed E-state index contributed by atoms with van der Waals surface area (Å²) in [4.78, 5) is 12.9. The van der Waals surface area contributed by atoms with Crippen LogP contribution in [0.25, 0.3) is 0 Å². The van der Waals surface area contributed by atoms with Crippen molar-refractivity contribution < 1.29 is 15.0 Å². The van der Waals surface area contributed by atoms with Crippen molar-refractivity contribution in [3.05, 3.63) is 35.9 Å². The average molecular weight is 249 g/mol. The van der Waals surface area contributed by atoms with Crippen molar-refractivity contribution in [1.29, 1.82) is 0 Å². The van der Waals surface area contributed by atoms with Crippen LogP contribution in [0.1, 0.15) is 25.3 Å². The van der Waals surface area contributed by atoms with Crippen LogP contribution in [-0.4, -0.2) is 39.3 Å². The Labute approximate surface area is 107 Å². The predicted octanol–water partition coefficient (Wildman–Crippen LogP) is 1.49. The van der Waals surface area contributed by atoms with Crippen LogP contribution in [0.3, 0.4) is 0 Å². The van der Waals surface area contributed by atoms with Gasteiger partial charge in [0.1, 0.15) is 0 Å². The van der Waals surface area contributed by atoms with Crippen LogP contribution in [0.15, 0.2) is 30.3 Å². The van der Waals surface area contributed by atoms with Crippen molar-refractivity contribution in [3.63, 3.8) is 0 Å². The number of hydrogen-bond donors (Lipinski definition) is 2. The summed E-state index contributed by atoms with van der Waals surface area (Å²) >= 11 is 0. The number of aliphatic carboxylic acids is 1. The lowest BCUT2D eigenvalue weighted by Crippen LogP contribution is -2.43. The van der Waals surface area contributed by atoms with Crippen LogP contribution in [0.5, 0.6) is 0 Å². The predicted molar refractivity (Wildman–Crippen MR) is 68.1 cm³/mol. The summed E-state index contributed by atoms with van der Waals surface area (Å²) in [6, 6.07) is 9.90. The Bertz CT molecular complexity index is 420. The average Bonchev–Trinajstić information content (AvgIpc) is 2.58. The van der Waals surface area contributed by atoms with E-state index in [1.54, 1.807) is 0 Å². The van der Waals surface area contributed by atoms with Gasteiger partial charge in [-0.1, -0.05) is 30.3 Å². The third-order valence-corrected chi connectivity index (χ3v) is 3.84. The highest BCUT2D eigenvalue weighted by Crippen LogP contribution is 2.32. The zero-order valence-corrected chi connectivity index (χ0v) is 10.5. The number of carboxylic acids is 1. The zero-order valence-electron chi connectivity index (χ0n) is 10.5. The molecule has 0 aromatic heterocycles. The smallest absolute Gasteiger partial charge is 0.306 e. The fraction of sp³-hybridized carbons (Fsp3) is 0.500. The number of rotatable bonds is 4. The van der Waals surface area contributed by atoms with E-state index in [9.17, 15) is 9.90 Å². The van der Waals surface area contributed by atoms with Crippen molar-refractivity contribution in [1.82, 2.24) is 4.90 Å². The molecule has 2 unspecified atom stereocenters. The number of aliphatic hydroxyl groups is 1. The number of carbonyl (C=O) groups is 1. The second-order valence-electron chi connectivity index (χ2n) is 5.06. The van der Waals surface area contributed by atoms with Gasteiger partial charge in [0.15, 0.2) is 0 Å².